The molecular formula is C52H35NO. The molecular weight excluding hydrogens is 655 g/mol. The average molecular weight is 690 g/mol. The Kier molecular flexibility index (Phi) is 7.85. The van der Waals surface area contributed by atoms with Crippen molar-refractivity contribution in [1.82, 2.24) is 0 Å². The zero-order valence-electron chi connectivity index (χ0n) is 29.6. The van der Waals surface area contributed by atoms with E-state index in [2.05, 4.69) is 217 Å². The first kappa shape index (κ1) is 31.6. The van der Waals surface area contributed by atoms with Gasteiger partial charge in [-0.2, -0.15) is 0 Å². The van der Waals surface area contributed by atoms with Gasteiger partial charge in [0, 0.05) is 27.7 Å². The monoisotopic (exact) mass is 689 g/mol. The molecule has 0 bridgehead atoms. The van der Waals surface area contributed by atoms with Crippen molar-refractivity contribution in [3.05, 3.63) is 212 Å². The van der Waals surface area contributed by atoms with Gasteiger partial charge in [-0.05, 0) is 92.2 Å². The van der Waals surface area contributed by atoms with Crippen molar-refractivity contribution >= 4 is 49.8 Å². The summed E-state index contributed by atoms with van der Waals surface area (Å²) in [5.41, 5.74) is 14.0. The van der Waals surface area contributed by atoms with E-state index in [1.165, 1.54) is 27.5 Å². The number of para-hydroxylation sites is 1. The average Bonchev–Trinajstić information content (AvgIpc) is 3.65. The Bertz CT molecular complexity index is 2910. The first-order chi connectivity index (χ1) is 26.8. The van der Waals surface area contributed by atoms with E-state index in [9.17, 15) is 0 Å². The summed E-state index contributed by atoms with van der Waals surface area (Å²) in [6.45, 7) is 0. The summed E-state index contributed by atoms with van der Waals surface area (Å²) in [6, 6.07) is 75.7. The zero-order chi connectivity index (χ0) is 35.8. The van der Waals surface area contributed by atoms with E-state index in [1.54, 1.807) is 0 Å². The first-order valence-electron chi connectivity index (χ1n) is 18.4. The van der Waals surface area contributed by atoms with Crippen molar-refractivity contribution < 1.29 is 4.42 Å². The van der Waals surface area contributed by atoms with Crippen LogP contribution in [0.15, 0.2) is 217 Å². The van der Waals surface area contributed by atoms with Crippen LogP contribution >= 0.6 is 0 Å². The largest absolute Gasteiger partial charge is 0.453 e. The van der Waals surface area contributed by atoms with Crippen molar-refractivity contribution in [1.29, 1.82) is 0 Å². The molecule has 0 radical (unpaired) electrons. The van der Waals surface area contributed by atoms with Gasteiger partial charge in [0.15, 0.2) is 5.58 Å². The molecule has 0 aliphatic rings. The molecule has 0 spiro atoms. The Balaban J connectivity index is 1.20. The number of hydrogen-bond donors (Lipinski definition) is 0. The third kappa shape index (κ3) is 5.62. The molecule has 1 heterocycles. The van der Waals surface area contributed by atoms with Gasteiger partial charge >= 0.3 is 0 Å². The summed E-state index contributed by atoms with van der Waals surface area (Å²) in [7, 11) is 0. The Morgan fingerprint density at radius 2 is 0.870 bits per heavy atom. The van der Waals surface area contributed by atoms with Gasteiger partial charge in [-0.25, -0.2) is 0 Å². The van der Waals surface area contributed by atoms with Crippen LogP contribution in [0, 0.1) is 0 Å². The number of benzene rings is 9. The van der Waals surface area contributed by atoms with Gasteiger partial charge in [-0.3, -0.25) is 0 Å². The van der Waals surface area contributed by atoms with Crippen LogP contribution in [0.4, 0.5) is 17.1 Å². The van der Waals surface area contributed by atoms with E-state index >= 15 is 0 Å². The first-order valence-corrected chi connectivity index (χ1v) is 18.4. The number of rotatable bonds is 7. The highest BCUT2D eigenvalue weighted by Gasteiger charge is 2.23. The summed E-state index contributed by atoms with van der Waals surface area (Å²) < 4.78 is 7.16. The molecule has 0 amide bonds. The predicted molar refractivity (Wildman–Crippen MR) is 228 cm³/mol. The highest BCUT2D eigenvalue weighted by Crippen LogP contribution is 2.47. The number of hydrogen-bond acceptors (Lipinski definition) is 2. The maximum atomic E-state index is 7.16. The van der Waals surface area contributed by atoms with Crippen LogP contribution in [0.5, 0.6) is 0 Å². The fourth-order valence-electron chi connectivity index (χ4n) is 7.82. The van der Waals surface area contributed by atoms with Crippen molar-refractivity contribution in [2.24, 2.45) is 0 Å². The van der Waals surface area contributed by atoms with Gasteiger partial charge < -0.3 is 9.32 Å². The molecule has 0 saturated heterocycles. The molecule has 0 atom stereocenters. The second-order valence-corrected chi connectivity index (χ2v) is 13.7. The Morgan fingerprint density at radius 1 is 0.315 bits per heavy atom. The van der Waals surface area contributed by atoms with Gasteiger partial charge in [0.1, 0.15) is 5.58 Å². The van der Waals surface area contributed by atoms with Crippen LogP contribution in [0.2, 0.25) is 0 Å². The van der Waals surface area contributed by atoms with Crippen LogP contribution in [0.25, 0.3) is 77.2 Å². The van der Waals surface area contributed by atoms with E-state index < -0.39 is 0 Å². The van der Waals surface area contributed by atoms with Gasteiger partial charge in [0.2, 0.25) is 0 Å². The number of nitrogens with zero attached hydrogens (tertiary/aromatic N) is 1. The lowest BCUT2D eigenvalue weighted by atomic mass is 9.94. The number of fused-ring (bicyclic) bond motifs is 4. The highest BCUT2D eigenvalue weighted by atomic mass is 16.3. The molecule has 1 aromatic heterocycles. The van der Waals surface area contributed by atoms with Gasteiger partial charge in [-0.1, -0.05) is 170 Å². The molecule has 0 saturated carbocycles. The van der Waals surface area contributed by atoms with Crippen LogP contribution in [-0.2, 0) is 0 Å². The SMILES string of the molecule is c1ccc(-c2cccc(N(c3ccc(-c4ccc5ccccc5c4)cc3)c3cccc4c3oc3c(-c5ccccc5)ccc(-c5ccccc5)c34)c2)cc1. The fourth-order valence-corrected chi connectivity index (χ4v) is 7.82. The molecule has 2 heteroatoms. The normalized spacial score (nSPS) is 11.3. The third-order valence-electron chi connectivity index (χ3n) is 10.5. The van der Waals surface area contributed by atoms with E-state index in [0.717, 1.165) is 66.8 Å². The molecule has 54 heavy (non-hydrogen) atoms. The molecule has 254 valence electrons. The topological polar surface area (TPSA) is 16.4 Å². The molecule has 0 fully saturated rings. The maximum absolute atomic E-state index is 7.16. The molecule has 2 nitrogen and oxygen atoms in total. The minimum Gasteiger partial charge on any atom is -0.453 e. The van der Waals surface area contributed by atoms with Gasteiger partial charge in [0.05, 0.1) is 5.69 Å². The minimum absolute atomic E-state index is 0.844. The molecule has 0 N–H and O–H groups in total. The second kappa shape index (κ2) is 13.4. The molecule has 0 unspecified atom stereocenters. The highest BCUT2D eigenvalue weighted by molar-refractivity contribution is 6.19. The fraction of sp³-hybridized carbons (Fsp3) is 0. The maximum Gasteiger partial charge on any atom is 0.159 e. The molecule has 0 aliphatic carbocycles. The summed E-state index contributed by atoms with van der Waals surface area (Å²) in [5, 5.41) is 4.67. The number of furan rings is 1. The van der Waals surface area contributed by atoms with Crippen LogP contribution in [0.1, 0.15) is 0 Å². The van der Waals surface area contributed by atoms with Gasteiger partial charge in [-0.15, -0.1) is 0 Å². The lowest BCUT2D eigenvalue weighted by Crippen LogP contribution is -2.10. The summed E-state index contributed by atoms with van der Waals surface area (Å²) in [6.07, 6.45) is 0. The van der Waals surface area contributed by atoms with Crippen LogP contribution in [0.3, 0.4) is 0 Å². The predicted octanol–water partition coefficient (Wildman–Crippen LogP) is 14.9. The molecule has 0 aliphatic heterocycles. The standard InChI is InChI=1S/C52H35NO/c1-4-14-36(15-5-1)42-22-12-23-45(35-42)53(44-30-28-38(29-31-44)43-27-26-37-16-10-11-21-41(37)34-43)49-25-13-24-48-50-46(39-17-6-2-7-18-39)32-33-47(52(50)54-51(48)49)40-19-8-3-9-20-40/h1-35H. The second-order valence-electron chi connectivity index (χ2n) is 13.7. The van der Waals surface area contributed by atoms with E-state index in [0.29, 0.717) is 0 Å². The van der Waals surface area contributed by atoms with E-state index in [1.807, 2.05) is 0 Å². The Hall–Kier alpha value is -7.16. The van der Waals surface area contributed by atoms with E-state index in [-0.39, 0.29) is 0 Å². The Morgan fingerprint density at radius 3 is 1.61 bits per heavy atom. The smallest absolute Gasteiger partial charge is 0.159 e. The van der Waals surface area contributed by atoms with Gasteiger partial charge in [0.25, 0.3) is 0 Å². The summed E-state index contributed by atoms with van der Waals surface area (Å²) in [5.74, 6) is 0. The summed E-state index contributed by atoms with van der Waals surface area (Å²) >= 11 is 0. The zero-order valence-corrected chi connectivity index (χ0v) is 29.6. The Labute approximate surface area is 314 Å². The summed E-state index contributed by atoms with van der Waals surface area (Å²) in [4.78, 5) is 2.34. The van der Waals surface area contributed by atoms with Crippen LogP contribution < -0.4 is 4.90 Å². The molecule has 10 aromatic rings. The third-order valence-corrected chi connectivity index (χ3v) is 10.5. The van der Waals surface area contributed by atoms with E-state index in [4.69, 9.17) is 4.42 Å². The van der Waals surface area contributed by atoms with Crippen molar-refractivity contribution in [3.63, 3.8) is 0 Å². The lowest BCUT2D eigenvalue weighted by molar-refractivity contribution is 0.670. The molecule has 9 aromatic carbocycles. The number of anilines is 3. The quantitative estimate of drug-likeness (QED) is 0.166. The lowest BCUT2D eigenvalue weighted by Gasteiger charge is -2.26. The molecule has 10 rings (SSSR count). The van der Waals surface area contributed by atoms with Crippen molar-refractivity contribution in [2.75, 3.05) is 4.90 Å². The minimum atomic E-state index is 0.844. The van der Waals surface area contributed by atoms with Crippen molar-refractivity contribution in [3.8, 4) is 44.5 Å². The van der Waals surface area contributed by atoms with Crippen LogP contribution in [-0.4, -0.2) is 0 Å². The van der Waals surface area contributed by atoms with Crippen molar-refractivity contribution in [2.45, 2.75) is 0 Å².